The van der Waals surface area contributed by atoms with Gasteiger partial charge in [0.25, 0.3) is 0 Å². The molecule has 0 atom stereocenters. The van der Waals surface area contributed by atoms with Gasteiger partial charge in [-0.05, 0) is 30.5 Å². The predicted octanol–water partition coefficient (Wildman–Crippen LogP) is 3.37. The molecule has 0 aliphatic carbocycles. The smallest absolute Gasteiger partial charge is 0.337 e. The lowest BCUT2D eigenvalue weighted by molar-refractivity contribution is 0.0697. The van der Waals surface area contributed by atoms with E-state index >= 15 is 0 Å². The molecule has 0 amide bonds. The molecule has 2 aromatic carbocycles. The lowest BCUT2D eigenvalue weighted by Gasteiger charge is -2.23. The van der Waals surface area contributed by atoms with Crippen LogP contribution >= 0.6 is 0 Å². The van der Waals surface area contributed by atoms with E-state index in [1.807, 2.05) is 43.1 Å². The molecule has 0 saturated carbocycles. The van der Waals surface area contributed by atoms with Crippen LogP contribution in [0.1, 0.15) is 21.5 Å². The number of likely N-dealkylation sites (N-methyl/N-ethyl adjacent to an activating group) is 1. The van der Waals surface area contributed by atoms with Gasteiger partial charge in [-0.15, -0.1) is 0 Å². The number of aromatic carboxylic acids is 1. The number of hydrogen-bond acceptors (Lipinski definition) is 2. The summed E-state index contributed by atoms with van der Waals surface area (Å²) < 4.78 is 0. The van der Waals surface area contributed by atoms with Crippen LogP contribution in [0.5, 0.6) is 0 Å². The summed E-state index contributed by atoms with van der Waals surface area (Å²) in [7, 11) is 1.94. The highest BCUT2D eigenvalue weighted by molar-refractivity contribution is 5.95. The highest BCUT2D eigenvalue weighted by atomic mass is 16.4. The second-order valence-corrected chi connectivity index (χ2v) is 4.93. The number of benzene rings is 2. The van der Waals surface area contributed by atoms with Crippen LogP contribution < -0.4 is 4.90 Å². The van der Waals surface area contributed by atoms with E-state index in [-0.39, 0.29) is 0 Å². The van der Waals surface area contributed by atoms with Crippen molar-refractivity contribution >= 4 is 11.7 Å². The van der Waals surface area contributed by atoms with Gasteiger partial charge in [0.15, 0.2) is 0 Å². The van der Waals surface area contributed by atoms with Gasteiger partial charge in [0.05, 0.1) is 11.3 Å². The molecular weight excluding hydrogens is 250 g/mol. The minimum Gasteiger partial charge on any atom is -0.478 e. The molecule has 0 aromatic heterocycles. The molecule has 0 heterocycles. The minimum absolute atomic E-state index is 0.362. The highest BCUT2D eigenvalue weighted by Gasteiger charge is 2.15. The van der Waals surface area contributed by atoms with E-state index in [0.717, 1.165) is 24.2 Å². The van der Waals surface area contributed by atoms with Gasteiger partial charge >= 0.3 is 5.97 Å². The van der Waals surface area contributed by atoms with E-state index in [9.17, 15) is 9.90 Å². The minimum atomic E-state index is -0.879. The Labute approximate surface area is 119 Å². The summed E-state index contributed by atoms with van der Waals surface area (Å²) in [6, 6.07) is 15.6. The molecule has 0 fully saturated rings. The van der Waals surface area contributed by atoms with Crippen LogP contribution in [0.3, 0.4) is 0 Å². The molecule has 3 nitrogen and oxygen atoms in total. The van der Waals surface area contributed by atoms with Crippen molar-refractivity contribution in [3.05, 3.63) is 65.2 Å². The van der Waals surface area contributed by atoms with Gasteiger partial charge in [-0.1, -0.05) is 42.5 Å². The van der Waals surface area contributed by atoms with Crippen LogP contribution in [-0.2, 0) is 6.42 Å². The standard InChI is InChI=1S/C17H19NO2/c1-13-7-6-10-15(17(19)20)16(13)18(2)12-11-14-8-4-3-5-9-14/h3-10H,11-12H2,1-2H3,(H,19,20). The van der Waals surface area contributed by atoms with Gasteiger partial charge in [0, 0.05) is 13.6 Å². The van der Waals surface area contributed by atoms with E-state index in [1.165, 1.54) is 5.56 Å². The van der Waals surface area contributed by atoms with E-state index in [1.54, 1.807) is 12.1 Å². The molecular formula is C17H19NO2. The normalized spacial score (nSPS) is 10.3. The van der Waals surface area contributed by atoms with Crippen molar-refractivity contribution in [2.75, 3.05) is 18.5 Å². The van der Waals surface area contributed by atoms with E-state index < -0.39 is 5.97 Å². The molecule has 2 rings (SSSR count). The number of carbonyl (C=O) groups is 1. The number of carboxylic acid groups (broad SMARTS) is 1. The van der Waals surface area contributed by atoms with Crippen LogP contribution in [0.2, 0.25) is 0 Å². The zero-order chi connectivity index (χ0) is 14.5. The first-order chi connectivity index (χ1) is 9.59. The Kier molecular flexibility index (Phi) is 4.41. The van der Waals surface area contributed by atoms with Gasteiger partial charge in [-0.2, -0.15) is 0 Å². The van der Waals surface area contributed by atoms with Crippen molar-refractivity contribution in [3.63, 3.8) is 0 Å². The predicted molar refractivity (Wildman–Crippen MR) is 81.6 cm³/mol. The van der Waals surface area contributed by atoms with E-state index in [0.29, 0.717) is 5.56 Å². The van der Waals surface area contributed by atoms with Crippen LogP contribution in [0.4, 0.5) is 5.69 Å². The average molecular weight is 269 g/mol. The number of nitrogens with zero attached hydrogens (tertiary/aromatic N) is 1. The molecule has 2 aromatic rings. The monoisotopic (exact) mass is 269 g/mol. The summed E-state index contributed by atoms with van der Waals surface area (Å²) in [5.74, 6) is -0.879. The molecule has 0 saturated heterocycles. The third-order valence-corrected chi connectivity index (χ3v) is 3.43. The van der Waals surface area contributed by atoms with Gasteiger partial charge in [0.2, 0.25) is 0 Å². The fourth-order valence-electron chi connectivity index (χ4n) is 2.39. The zero-order valence-electron chi connectivity index (χ0n) is 11.8. The fraction of sp³-hybridized carbons (Fsp3) is 0.235. The topological polar surface area (TPSA) is 40.5 Å². The Hall–Kier alpha value is -2.29. The van der Waals surface area contributed by atoms with Crippen molar-refractivity contribution in [2.45, 2.75) is 13.3 Å². The Balaban J connectivity index is 2.17. The second-order valence-electron chi connectivity index (χ2n) is 4.93. The lowest BCUT2D eigenvalue weighted by atomic mass is 10.1. The molecule has 20 heavy (non-hydrogen) atoms. The summed E-state index contributed by atoms with van der Waals surface area (Å²) in [5, 5.41) is 9.30. The van der Waals surface area contributed by atoms with Crippen molar-refractivity contribution < 1.29 is 9.90 Å². The number of anilines is 1. The molecule has 1 N–H and O–H groups in total. The molecule has 0 unspecified atom stereocenters. The van der Waals surface area contributed by atoms with Crippen molar-refractivity contribution in [1.29, 1.82) is 0 Å². The maximum atomic E-state index is 11.3. The van der Waals surface area contributed by atoms with Crippen LogP contribution in [0.25, 0.3) is 0 Å². The summed E-state index contributed by atoms with van der Waals surface area (Å²) in [6.07, 6.45) is 0.894. The van der Waals surface area contributed by atoms with E-state index in [2.05, 4.69) is 12.1 Å². The number of hydrogen-bond donors (Lipinski definition) is 1. The molecule has 0 spiro atoms. The third-order valence-electron chi connectivity index (χ3n) is 3.43. The SMILES string of the molecule is Cc1cccc(C(=O)O)c1N(C)CCc1ccccc1. The van der Waals surface area contributed by atoms with E-state index in [4.69, 9.17) is 0 Å². The van der Waals surface area contributed by atoms with Crippen molar-refractivity contribution in [1.82, 2.24) is 0 Å². The molecule has 0 aliphatic heterocycles. The van der Waals surface area contributed by atoms with Gasteiger partial charge in [0.1, 0.15) is 0 Å². The number of carboxylic acids is 1. The highest BCUT2D eigenvalue weighted by Crippen LogP contribution is 2.24. The Morgan fingerprint density at radius 1 is 1.10 bits per heavy atom. The van der Waals surface area contributed by atoms with Gasteiger partial charge in [-0.3, -0.25) is 0 Å². The molecule has 104 valence electrons. The molecule has 3 heteroatoms. The van der Waals surface area contributed by atoms with Crippen molar-refractivity contribution in [3.8, 4) is 0 Å². The van der Waals surface area contributed by atoms with Crippen LogP contribution in [0, 0.1) is 6.92 Å². The van der Waals surface area contributed by atoms with Crippen LogP contribution in [0.15, 0.2) is 48.5 Å². The first-order valence-corrected chi connectivity index (χ1v) is 6.67. The summed E-state index contributed by atoms with van der Waals surface area (Å²) >= 11 is 0. The molecule has 0 bridgehead atoms. The number of rotatable bonds is 5. The maximum absolute atomic E-state index is 11.3. The van der Waals surface area contributed by atoms with Gasteiger partial charge in [-0.25, -0.2) is 4.79 Å². The number of para-hydroxylation sites is 1. The Bertz CT molecular complexity index is 593. The quantitative estimate of drug-likeness (QED) is 0.904. The zero-order valence-corrected chi connectivity index (χ0v) is 11.8. The Morgan fingerprint density at radius 3 is 2.45 bits per heavy atom. The lowest BCUT2D eigenvalue weighted by Crippen LogP contribution is -2.23. The van der Waals surface area contributed by atoms with Crippen molar-refractivity contribution in [2.24, 2.45) is 0 Å². The van der Waals surface area contributed by atoms with Crippen LogP contribution in [-0.4, -0.2) is 24.7 Å². The summed E-state index contributed by atoms with van der Waals surface area (Å²) in [4.78, 5) is 13.3. The fourth-order valence-corrected chi connectivity index (χ4v) is 2.39. The molecule has 0 radical (unpaired) electrons. The maximum Gasteiger partial charge on any atom is 0.337 e. The first kappa shape index (κ1) is 14.1. The second kappa shape index (κ2) is 6.24. The Morgan fingerprint density at radius 2 is 1.80 bits per heavy atom. The average Bonchev–Trinajstić information content (AvgIpc) is 2.45. The summed E-state index contributed by atoms with van der Waals surface area (Å²) in [6.45, 7) is 2.73. The largest absolute Gasteiger partial charge is 0.478 e. The number of aryl methyl sites for hydroxylation is 1. The third kappa shape index (κ3) is 3.18. The summed E-state index contributed by atoms with van der Waals surface area (Å²) in [5.41, 5.74) is 3.40. The molecule has 0 aliphatic rings. The van der Waals surface area contributed by atoms with Gasteiger partial charge < -0.3 is 10.0 Å². The first-order valence-electron chi connectivity index (χ1n) is 6.67.